The van der Waals surface area contributed by atoms with Crippen molar-refractivity contribution in [2.24, 2.45) is 5.92 Å². The molecule has 26 heavy (non-hydrogen) atoms. The molecule has 1 aliphatic carbocycles. The molecule has 0 atom stereocenters. The highest BCUT2D eigenvalue weighted by molar-refractivity contribution is 5.94. The van der Waals surface area contributed by atoms with Gasteiger partial charge in [0, 0.05) is 44.1 Å². The number of ether oxygens (including phenoxy) is 1. The van der Waals surface area contributed by atoms with Gasteiger partial charge in [0.25, 0.3) is 5.91 Å². The van der Waals surface area contributed by atoms with Crippen LogP contribution >= 0.6 is 0 Å². The summed E-state index contributed by atoms with van der Waals surface area (Å²) in [4.78, 5) is 17.1. The maximum atomic E-state index is 13.1. The average Bonchev–Trinajstić information content (AvgIpc) is 3.44. The van der Waals surface area contributed by atoms with Gasteiger partial charge in [0.15, 0.2) is 0 Å². The van der Waals surface area contributed by atoms with Gasteiger partial charge in [-0.25, -0.2) is 0 Å². The monoisotopic (exact) mass is 353 g/mol. The third-order valence-electron chi connectivity index (χ3n) is 4.75. The Kier molecular flexibility index (Phi) is 5.35. The second kappa shape index (κ2) is 7.68. The smallest absolute Gasteiger partial charge is 0.254 e. The molecule has 0 aromatic heterocycles. The van der Waals surface area contributed by atoms with Crippen LogP contribution in [0.15, 0.2) is 42.5 Å². The number of nitrogens with two attached hydrogens (primary N) is 1. The Bertz CT molecular complexity index is 767. The molecule has 138 valence electrons. The van der Waals surface area contributed by atoms with Gasteiger partial charge in [0.1, 0.15) is 5.75 Å². The first-order valence-corrected chi connectivity index (χ1v) is 8.97. The topological polar surface area (TPSA) is 58.8 Å². The standard InChI is InChI=1S/C21H27N3O2/c1-23(2)20-11-8-18(22)12-17(20)14-24(13-15-4-5-15)21(25)16-6-9-19(26-3)10-7-16/h6-12,15H,4-5,13-14,22H2,1-3H3. The van der Waals surface area contributed by atoms with Crippen molar-refractivity contribution in [2.75, 3.05) is 38.4 Å². The summed E-state index contributed by atoms with van der Waals surface area (Å²) in [6.07, 6.45) is 2.40. The number of methoxy groups -OCH3 is 1. The van der Waals surface area contributed by atoms with E-state index in [1.807, 2.05) is 61.5 Å². The lowest BCUT2D eigenvalue weighted by atomic mass is 10.1. The predicted molar refractivity (Wildman–Crippen MR) is 106 cm³/mol. The van der Waals surface area contributed by atoms with Gasteiger partial charge in [-0.05, 0) is 66.8 Å². The molecule has 5 heteroatoms. The minimum Gasteiger partial charge on any atom is -0.497 e. The van der Waals surface area contributed by atoms with E-state index < -0.39 is 0 Å². The summed E-state index contributed by atoms with van der Waals surface area (Å²) in [6, 6.07) is 13.2. The van der Waals surface area contributed by atoms with Gasteiger partial charge in [0.2, 0.25) is 0 Å². The molecule has 1 aliphatic rings. The number of carbonyl (C=O) groups excluding carboxylic acids is 1. The summed E-state index contributed by atoms with van der Waals surface area (Å²) in [5, 5.41) is 0. The summed E-state index contributed by atoms with van der Waals surface area (Å²) >= 11 is 0. The van der Waals surface area contributed by atoms with Crippen molar-refractivity contribution < 1.29 is 9.53 Å². The molecule has 2 aromatic carbocycles. The molecule has 2 N–H and O–H groups in total. The minimum atomic E-state index is 0.0479. The number of nitrogen functional groups attached to an aromatic ring is 1. The van der Waals surface area contributed by atoms with Crippen LogP contribution in [0.3, 0.4) is 0 Å². The lowest BCUT2D eigenvalue weighted by Crippen LogP contribution is -2.33. The quantitative estimate of drug-likeness (QED) is 0.775. The van der Waals surface area contributed by atoms with Crippen LogP contribution in [-0.2, 0) is 6.54 Å². The highest BCUT2D eigenvalue weighted by atomic mass is 16.5. The maximum Gasteiger partial charge on any atom is 0.254 e. The van der Waals surface area contributed by atoms with Gasteiger partial charge in [-0.15, -0.1) is 0 Å². The Hall–Kier alpha value is -2.69. The third kappa shape index (κ3) is 4.28. The van der Waals surface area contributed by atoms with Crippen LogP contribution < -0.4 is 15.4 Å². The van der Waals surface area contributed by atoms with Crippen LogP contribution in [0.1, 0.15) is 28.8 Å². The summed E-state index contributed by atoms with van der Waals surface area (Å²) in [5.41, 5.74) is 9.55. The Morgan fingerprint density at radius 2 is 1.85 bits per heavy atom. The fourth-order valence-electron chi connectivity index (χ4n) is 3.12. The molecule has 0 unspecified atom stereocenters. The van der Waals surface area contributed by atoms with Crippen molar-refractivity contribution in [1.29, 1.82) is 0 Å². The molecule has 0 aliphatic heterocycles. The number of rotatable bonds is 7. The molecule has 5 nitrogen and oxygen atoms in total. The molecule has 1 saturated carbocycles. The minimum absolute atomic E-state index is 0.0479. The van der Waals surface area contributed by atoms with E-state index in [1.165, 1.54) is 12.8 Å². The van der Waals surface area contributed by atoms with E-state index in [4.69, 9.17) is 10.5 Å². The molecule has 0 heterocycles. The number of anilines is 2. The summed E-state index contributed by atoms with van der Waals surface area (Å²) in [6.45, 7) is 1.34. The van der Waals surface area contributed by atoms with Crippen molar-refractivity contribution >= 4 is 17.3 Å². The molecule has 0 radical (unpaired) electrons. The van der Waals surface area contributed by atoms with Crippen LogP contribution in [0.4, 0.5) is 11.4 Å². The fourth-order valence-corrected chi connectivity index (χ4v) is 3.12. The predicted octanol–water partition coefficient (Wildman–Crippen LogP) is 3.40. The van der Waals surface area contributed by atoms with Crippen molar-refractivity contribution in [1.82, 2.24) is 4.90 Å². The van der Waals surface area contributed by atoms with Crippen molar-refractivity contribution in [3.8, 4) is 5.75 Å². The molecule has 2 aromatic rings. The number of benzene rings is 2. The van der Waals surface area contributed by atoms with E-state index in [2.05, 4.69) is 4.90 Å². The van der Waals surface area contributed by atoms with E-state index in [-0.39, 0.29) is 5.91 Å². The Morgan fingerprint density at radius 3 is 2.42 bits per heavy atom. The lowest BCUT2D eigenvalue weighted by molar-refractivity contribution is 0.0735. The lowest BCUT2D eigenvalue weighted by Gasteiger charge is -2.26. The Labute approximate surface area is 155 Å². The van der Waals surface area contributed by atoms with Gasteiger partial charge in [-0.1, -0.05) is 0 Å². The zero-order valence-corrected chi connectivity index (χ0v) is 15.7. The zero-order valence-electron chi connectivity index (χ0n) is 15.7. The zero-order chi connectivity index (χ0) is 18.7. The van der Waals surface area contributed by atoms with E-state index in [0.29, 0.717) is 23.7 Å². The second-order valence-corrected chi connectivity index (χ2v) is 7.14. The molecule has 1 amide bonds. The normalized spacial score (nSPS) is 13.3. The first kappa shape index (κ1) is 18.1. The van der Waals surface area contributed by atoms with Crippen LogP contribution in [0.2, 0.25) is 0 Å². The van der Waals surface area contributed by atoms with Crippen molar-refractivity contribution in [3.05, 3.63) is 53.6 Å². The number of amides is 1. The average molecular weight is 353 g/mol. The summed E-state index contributed by atoms with van der Waals surface area (Å²) < 4.78 is 5.19. The van der Waals surface area contributed by atoms with Gasteiger partial charge in [-0.2, -0.15) is 0 Å². The van der Waals surface area contributed by atoms with E-state index in [9.17, 15) is 4.79 Å². The fraction of sp³-hybridized carbons (Fsp3) is 0.381. The van der Waals surface area contributed by atoms with Gasteiger partial charge >= 0.3 is 0 Å². The van der Waals surface area contributed by atoms with Crippen molar-refractivity contribution in [2.45, 2.75) is 19.4 Å². The molecule has 0 spiro atoms. The van der Waals surface area contributed by atoms with Gasteiger partial charge in [0.05, 0.1) is 7.11 Å². The number of nitrogens with zero attached hydrogens (tertiary/aromatic N) is 2. The molecular formula is C21H27N3O2. The largest absolute Gasteiger partial charge is 0.497 e. The summed E-state index contributed by atoms with van der Waals surface area (Å²) in [7, 11) is 5.63. The highest BCUT2D eigenvalue weighted by Crippen LogP contribution is 2.32. The first-order chi connectivity index (χ1) is 12.5. The maximum absolute atomic E-state index is 13.1. The van der Waals surface area contributed by atoms with Crippen LogP contribution in [0.25, 0.3) is 0 Å². The molecule has 3 rings (SSSR count). The van der Waals surface area contributed by atoms with E-state index in [0.717, 1.165) is 23.5 Å². The summed E-state index contributed by atoms with van der Waals surface area (Å²) in [5.74, 6) is 1.41. The Balaban J connectivity index is 1.86. The third-order valence-corrected chi connectivity index (χ3v) is 4.75. The van der Waals surface area contributed by atoms with Gasteiger partial charge in [-0.3, -0.25) is 4.79 Å². The SMILES string of the molecule is COc1ccc(C(=O)N(Cc2cc(N)ccc2N(C)C)CC2CC2)cc1. The highest BCUT2D eigenvalue weighted by Gasteiger charge is 2.28. The molecule has 0 bridgehead atoms. The number of hydrogen-bond acceptors (Lipinski definition) is 4. The van der Waals surface area contributed by atoms with Crippen LogP contribution in [0.5, 0.6) is 5.75 Å². The van der Waals surface area contributed by atoms with Crippen LogP contribution in [-0.4, -0.2) is 38.6 Å². The molecule has 0 saturated heterocycles. The second-order valence-electron chi connectivity index (χ2n) is 7.14. The number of carbonyl (C=O) groups is 1. The van der Waals surface area contributed by atoms with Crippen LogP contribution in [0, 0.1) is 5.92 Å². The van der Waals surface area contributed by atoms with E-state index in [1.54, 1.807) is 7.11 Å². The van der Waals surface area contributed by atoms with Crippen molar-refractivity contribution in [3.63, 3.8) is 0 Å². The van der Waals surface area contributed by atoms with Gasteiger partial charge < -0.3 is 20.3 Å². The molecular weight excluding hydrogens is 326 g/mol. The number of hydrogen-bond donors (Lipinski definition) is 1. The first-order valence-electron chi connectivity index (χ1n) is 8.97. The molecule has 1 fully saturated rings. The van der Waals surface area contributed by atoms with E-state index >= 15 is 0 Å². The Morgan fingerprint density at radius 1 is 1.15 bits per heavy atom.